The molecule has 42 heavy (non-hydrogen) atoms. The van der Waals surface area contributed by atoms with Gasteiger partial charge < -0.3 is 19.7 Å². The molecule has 1 amide bonds. The summed E-state index contributed by atoms with van der Waals surface area (Å²) in [5.74, 6) is 0.460. The summed E-state index contributed by atoms with van der Waals surface area (Å²) in [5.41, 5.74) is -0.178. The standard InChI is InChI=1S/C30H26F2N4O5S/c31-25-9-20(11-27-24(25)15-40-16-28(32)42(27,38)39)30(37)35-14-22-7-19-8-23(4-3-18(19)12-33-22)36-5-6-41-26-10-21(17-1-2-17)13-34-29(26)36/h3-4,7-13,17,28H,1-2,5-6,14-16H2,(H,35,37)/t28-/m1/s1. The Hall–Kier alpha value is -4.16. The number of hydrogen-bond acceptors (Lipinski definition) is 8. The number of alkyl halides is 1. The molecule has 3 aliphatic rings. The van der Waals surface area contributed by atoms with Crippen LogP contribution in [0.5, 0.6) is 5.75 Å². The number of amides is 1. The average molecular weight is 593 g/mol. The number of aromatic nitrogens is 2. The lowest BCUT2D eigenvalue weighted by atomic mass is 10.1. The van der Waals surface area contributed by atoms with Crippen LogP contribution in [0.3, 0.4) is 0 Å². The largest absolute Gasteiger partial charge is 0.488 e. The summed E-state index contributed by atoms with van der Waals surface area (Å²) in [6.07, 6.45) is 6.00. The maximum absolute atomic E-state index is 14.7. The van der Waals surface area contributed by atoms with Crippen molar-refractivity contribution in [3.05, 3.63) is 83.1 Å². The third-order valence-corrected chi connectivity index (χ3v) is 9.58. The van der Waals surface area contributed by atoms with Crippen LogP contribution >= 0.6 is 0 Å². The molecule has 2 aliphatic heterocycles. The molecule has 216 valence electrons. The second-order valence-electron chi connectivity index (χ2n) is 10.7. The van der Waals surface area contributed by atoms with Crippen LogP contribution < -0.4 is 15.0 Å². The fraction of sp³-hybridized carbons (Fsp3) is 0.300. The molecule has 9 nitrogen and oxygen atoms in total. The first-order valence-electron chi connectivity index (χ1n) is 13.6. The molecule has 1 saturated carbocycles. The lowest BCUT2D eigenvalue weighted by Crippen LogP contribution is -2.29. The highest BCUT2D eigenvalue weighted by molar-refractivity contribution is 7.92. The first kappa shape index (κ1) is 26.7. The van der Waals surface area contributed by atoms with Crippen molar-refractivity contribution < 1.29 is 31.5 Å². The van der Waals surface area contributed by atoms with Crippen molar-refractivity contribution in [3.63, 3.8) is 0 Å². The molecule has 2 aromatic carbocycles. The molecule has 0 bridgehead atoms. The van der Waals surface area contributed by atoms with Gasteiger partial charge in [-0.25, -0.2) is 22.2 Å². The minimum absolute atomic E-state index is 0.00515. The van der Waals surface area contributed by atoms with Crippen molar-refractivity contribution >= 4 is 38.0 Å². The molecule has 1 aliphatic carbocycles. The van der Waals surface area contributed by atoms with Crippen LogP contribution in [0.2, 0.25) is 0 Å². The molecular formula is C30H26F2N4O5S. The minimum Gasteiger partial charge on any atom is -0.488 e. The number of sulfone groups is 1. The molecule has 0 radical (unpaired) electrons. The van der Waals surface area contributed by atoms with Gasteiger partial charge in [0.1, 0.15) is 12.4 Å². The van der Waals surface area contributed by atoms with E-state index in [0.29, 0.717) is 24.8 Å². The SMILES string of the molecule is O=C(NCc1cc2cc(N3CCOc4cc(C5CC5)cnc43)ccc2cn1)c1cc(F)c2c(c1)S(=O)(=O)[C@@H](F)COC2. The minimum atomic E-state index is -4.50. The predicted molar refractivity (Wildman–Crippen MR) is 150 cm³/mol. The van der Waals surface area contributed by atoms with Crippen molar-refractivity contribution in [2.24, 2.45) is 0 Å². The number of pyridine rings is 2. The summed E-state index contributed by atoms with van der Waals surface area (Å²) in [7, 11) is -4.50. The molecule has 1 N–H and O–H groups in total. The monoisotopic (exact) mass is 592 g/mol. The first-order valence-corrected chi connectivity index (χ1v) is 15.2. The van der Waals surface area contributed by atoms with Gasteiger partial charge >= 0.3 is 0 Å². The smallest absolute Gasteiger partial charge is 0.251 e. The van der Waals surface area contributed by atoms with E-state index in [1.165, 1.54) is 18.4 Å². The van der Waals surface area contributed by atoms with Crippen LogP contribution in [0.4, 0.5) is 20.3 Å². The number of ether oxygens (including phenoxy) is 2. The topological polar surface area (TPSA) is 111 Å². The van der Waals surface area contributed by atoms with E-state index in [1.54, 1.807) is 6.20 Å². The zero-order valence-corrected chi connectivity index (χ0v) is 23.2. The molecule has 1 fully saturated rings. The number of fused-ring (bicyclic) bond motifs is 3. The normalized spacial score (nSPS) is 19.4. The second kappa shape index (κ2) is 10.3. The summed E-state index contributed by atoms with van der Waals surface area (Å²) in [6, 6.07) is 11.8. The third-order valence-electron chi connectivity index (χ3n) is 7.79. The quantitative estimate of drug-likeness (QED) is 0.355. The number of hydrogen-bond donors (Lipinski definition) is 1. The Kier molecular flexibility index (Phi) is 6.54. The fourth-order valence-electron chi connectivity index (χ4n) is 5.33. The number of anilines is 2. The van der Waals surface area contributed by atoms with Gasteiger partial charge in [0.25, 0.3) is 5.91 Å². The molecular weight excluding hydrogens is 566 g/mol. The third kappa shape index (κ3) is 4.84. The second-order valence-corrected chi connectivity index (χ2v) is 12.7. The van der Waals surface area contributed by atoms with E-state index in [2.05, 4.69) is 21.3 Å². The summed E-state index contributed by atoms with van der Waals surface area (Å²) in [6.45, 7) is 0.0798. The van der Waals surface area contributed by atoms with E-state index in [0.717, 1.165) is 40.2 Å². The Morgan fingerprint density at radius 2 is 1.93 bits per heavy atom. The Bertz CT molecular complexity index is 1850. The zero-order valence-electron chi connectivity index (χ0n) is 22.3. The lowest BCUT2D eigenvalue weighted by molar-refractivity contribution is 0.0938. The Labute approximate surface area is 240 Å². The predicted octanol–water partition coefficient (Wildman–Crippen LogP) is 4.71. The van der Waals surface area contributed by atoms with Gasteiger partial charge in [-0.3, -0.25) is 9.78 Å². The Balaban J connectivity index is 1.11. The van der Waals surface area contributed by atoms with Crippen LogP contribution in [0.1, 0.15) is 45.9 Å². The van der Waals surface area contributed by atoms with Crippen molar-refractivity contribution in [2.45, 2.75) is 42.3 Å². The number of carbonyl (C=O) groups is 1. The maximum Gasteiger partial charge on any atom is 0.251 e. The number of benzene rings is 2. The number of halogens is 2. The summed E-state index contributed by atoms with van der Waals surface area (Å²) in [5, 5.41) is 4.45. The summed E-state index contributed by atoms with van der Waals surface area (Å²) < 4.78 is 64.9. The van der Waals surface area contributed by atoms with Crippen molar-refractivity contribution in [1.82, 2.24) is 15.3 Å². The Morgan fingerprint density at radius 3 is 2.76 bits per heavy atom. The number of carbonyl (C=O) groups excluding carboxylic acids is 1. The van der Waals surface area contributed by atoms with Gasteiger partial charge in [-0.1, -0.05) is 6.07 Å². The van der Waals surface area contributed by atoms with Crippen LogP contribution in [0.25, 0.3) is 10.8 Å². The van der Waals surface area contributed by atoms with Gasteiger partial charge in [0, 0.05) is 34.6 Å². The van der Waals surface area contributed by atoms with Gasteiger partial charge in [0.2, 0.25) is 15.3 Å². The molecule has 0 spiro atoms. The van der Waals surface area contributed by atoms with Crippen LogP contribution in [0, 0.1) is 5.82 Å². The fourth-order valence-corrected chi connectivity index (χ4v) is 6.68. The molecule has 0 unspecified atom stereocenters. The van der Waals surface area contributed by atoms with Crippen molar-refractivity contribution in [2.75, 3.05) is 24.7 Å². The van der Waals surface area contributed by atoms with Crippen LogP contribution in [-0.2, 0) is 27.7 Å². The van der Waals surface area contributed by atoms with Gasteiger partial charge in [0.05, 0.1) is 36.9 Å². The lowest BCUT2D eigenvalue weighted by Gasteiger charge is -2.30. The highest BCUT2D eigenvalue weighted by atomic mass is 32.2. The van der Waals surface area contributed by atoms with E-state index < -0.39 is 45.2 Å². The molecule has 12 heteroatoms. The average Bonchev–Trinajstić information content (AvgIpc) is 3.85. The zero-order chi connectivity index (χ0) is 29.0. The van der Waals surface area contributed by atoms with E-state index in [-0.39, 0.29) is 17.7 Å². The van der Waals surface area contributed by atoms with E-state index in [1.807, 2.05) is 30.5 Å². The van der Waals surface area contributed by atoms with Gasteiger partial charge in [-0.2, -0.15) is 0 Å². The van der Waals surface area contributed by atoms with Gasteiger partial charge in [-0.15, -0.1) is 0 Å². The van der Waals surface area contributed by atoms with Gasteiger partial charge in [-0.05, 0) is 66.1 Å². The summed E-state index contributed by atoms with van der Waals surface area (Å²) >= 11 is 0. The van der Waals surface area contributed by atoms with Crippen LogP contribution in [0.15, 0.2) is 59.8 Å². The molecule has 4 heterocycles. The van der Waals surface area contributed by atoms with Crippen LogP contribution in [-0.4, -0.2) is 49.6 Å². The van der Waals surface area contributed by atoms with E-state index >= 15 is 0 Å². The van der Waals surface area contributed by atoms with E-state index in [9.17, 15) is 22.0 Å². The molecule has 2 aromatic heterocycles. The summed E-state index contributed by atoms with van der Waals surface area (Å²) in [4.78, 5) is 23.6. The first-order chi connectivity index (χ1) is 20.3. The Morgan fingerprint density at radius 1 is 1.07 bits per heavy atom. The number of nitrogens with zero attached hydrogens (tertiary/aromatic N) is 3. The van der Waals surface area contributed by atoms with Gasteiger partial charge in [0.15, 0.2) is 11.6 Å². The highest BCUT2D eigenvalue weighted by Crippen LogP contribution is 2.44. The molecule has 0 saturated heterocycles. The van der Waals surface area contributed by atoms with Crippen molar-refractivity contribution in [3.8, 4) is 5.75 Å². The highest BCUT2D eigenvalue weighted by Gasteiger charge is 2.35. The van der Waals surface area contributed by atoms with E-state index in [4.69, 9.17) is 14.5 Å². The molecule has 7 rings (SSSR count). The maximum atomic E-state index is 14.7. The van der Waals surface area contributed by atoms with Crippen molar-refractivity contribution in [1.29, 1.82) is 0 Å². The number of nitrogens with one attached hydrogen (secondary N) is 1. The molecule has 4 aromatic rings. The number of rotatable bonds is 5. The molecule has 1 atom stereocenters.